The molecule has 0 aliphatic carbocycles. The number of rotatable bonds is 7. The van der Waals surface area contributed by atoms with Crippen LogP contribution in [0.2, 0.25) is 0 Å². The number of piperidine rings is 1. The van der Waals surface area contributed by atoms with Crippen LogP contribution < -0.4 is 0 Å². The highest BCUT2D eigenvalue weighted by Crippen LogP contribution is 2.27. The maximum Gasteiger partial charge on any atom is 0.320 e. The van der Waals surface area contributed by atoms with Crippen molar-refractivity contribution in [2.45, 2.75) is 83.3 Å². The van der Waals surface area contributed by atoms with Crippen molar-refractivity contribution < 1.29 is 9.90 Å². The minimum absolute atomic E-state index is 0.219. The zero-order valence-corrected chi connectivity index (χ0v) is 13.8. The van der Waals surface area contributed by atoms with E-state index in [4.69, 9.17) is 0 Å². The lowest BCUT2D eigenvalue weighted by atomic mass is 9.98. The van der Waals surface area contributed by atoms with Crippen LogP contribution >= 0.6 is 0 Å². The summed E-state index contributed by atoms with van der Waals surface area (Å²) in [6, 6.07) is 1.01. The SMILES string of the molecule is CCCCC(CC)N1CCC(N2CCCC2C(=O)O)CC1. The fraction of sp³-hybridized carbons (Fsp3) is 0.941. The van der Waals surface area contributed by atoms with E-state index in [0.29, 0.717) is 6.04 Å². The third-order valence-corrected chi connectivity index (χ3v) is 5.43. The second kappa shape index (κ2) is 8.14. The summed E-state index contributed by atoms with van der Waals surface area (Å²) < 4.78 is 0. The molecule has 2 atom stereocenters. The Morgan fingerprint density at radius 2 is 1.90 bits per heavy atom. The summed E-state index contributed by atoms with van der Waals surface area (Å²) in [5, 5.41) is 9.34. The van der Waals surface area contributed by atoms with Crippen LogP contribution in [-0.2, 0) is 4.79 Å². The Morgan fingerprint density at radius 3 is 2.48 bits per heavy atom. The highest BCUT2D eigenvalue weighted by molar-refractivity contribution is 5.73. The van der Waals surface area contributed by atoms with E-state index in [1.54, 1.807) is 0 Å². The summed E-state index contributed by atoms with van der Waals surface area (Å²) in [5.41, 5.74) is 0. The lowest BCUT2D eigenvalue weighted by Gasteiger charge is -2.41. The first-order valence-corrected chi connectivity index (χ1v) is 8.90. The van der Waals surface area contributed by atoms with E-state index in [-0.39, 0.29) is 6.04 Å². The van der Waals surface area contributed by atoms with Crippen LogP contribution in [0.4, 0.5) is 0 Å². The molecule has 0 aromatic heterocycles. The van der Waals surface area contributed by atoms with Gasteiger partial charge >= 0.3 is 5.97 Å². The normalized spacial score (nSPS) is 27.0. The van der Waals surface area contributed by atoms with Crippen molar-refractivity contribution >= 4 is 5.97 Å². The van der Waals surface area contributed by atoms with E-state index in [9.17, 15) is 9.90 Å². The van der Waals surface area contributed by atoms with Gasteiger partial charge in [0.2, 0.25) is 0 Å². The molecule has 0 radical (unpaired) electrons. The van der Waals surface area contributed by atoms with Crippen molar-refractivity contribution in [3.8, 4) is 0 Å². The molecule has 0 aromatic carbocycles. The van der Waals surface area contributed by atoms with Gasteiger partial charge in [-0.2, -0.15) is 0 Å². The first-order chi connectivity index (χ1) is 10.2. The van der Waals surface area contributed by atoms with E-state index < -0.39 is 5.97 Å². The van der Waals surface area contributed by atoms with Crippen molar-refractivity contribution in [2.75, 3.05) is 19.6 Å². The molecule has 1 N–H and O–H groups in total. The van der Waals surface area contributed by atoms with Gasteiger partial charge in [-0.1, -0.05) is 26.7 Å². The second-order valence-electron chi connectivity index (χ2n) is 6.71. The Bertz CT molecular complexity index is 327. The molecule has 0 bridgehead atoms. The van der Waals surface area contributed by atoms with E-state index in [0.717, 1.165) is 51.4 Å². The smallest absolute Gasteiger partial charge is 0.320 e. The lowest BCUT2D eigenvalue weighted by molar-refractivity contribution is -0.143. The van der Waals surface area contributed by atoms with Crippen LogP contribution in [0.3, 0.4) is 0 Å². The fourth-order valence-electron chi connectivity index (χ4n) is 4.16. The van der Waals surface area contributed by atoms with Crippen LogP contribution in [0.15, 0.2) is 0 Å². The monoisotopic (exact) mass is 296 g/mol. The number of likely N-dealkylation sites (tertiary alicyclic amines) is 2. The third-order valence-electron chi connectivity index (χ3n) is 5.43. The molecule has 4 heteroatoms. The van der Waals surface area contributed by atoms with E-state index in [1.165, 1.54) is 25.7 Å². The van der Waals surface area contributed by atoms with Gasteiger partial charge in [-0.05, 0) is 58.2 Å². The van der Waals surface area contributed by atoms with Crippen molar-refractivity contribution in [2.24, 2.45) is 0 Å². The van der Waals surface area contributed by atoms with Gasteiger partial charge in [0.05, 0.1) is 0 Å². The zero-order valence-electron chi connectivity index (χ0n) is 13.8. The average molecular weight is 296 g/mol. The van der Waals surface area contributed by atoms with Crippen LogP contribution in [0.1, 0.15) is 65.2 Å². The molecule has 2 heterocycles. The number of carboxylic acids is 1. The zero-order chi connectivity index (χ0) is 15.2. The maximum absolute atomic E-state index is 11.3. The van der Waals surface area contributed by atoms with Crippen LogP contribution in [0, 0.1) is 0 Å². The van der Waals surface area contributed by atoms with Gasteiger partial charge in [0.1, 0.15) is 6.04 Å². The number of carboxylic acid groups (broad SMARTS) is 1. The van der Waals surface area contributed by atoms with E-state index >= 15 is 0 Å². The molecule has 4 nitrogen and oxygen atoms in total. The predicted octanol–water partition coefficient (Wildman–Crippen LogP) is 2.97. The van der Waals surface area contributed by atoms with Crippen molar-refractivity contribution in [3.05, 3.63) is 0 Å². The van der Waals surface area contributed by atoms with Gasteiger partial charge in [0, 0.05) is 12.1 Å². The van der Waals surface area contributed by atoms with Crippen molar-refractivity contribution in [1.29, 1.82) is 0 Å². The number of hydrogen-bond acceptors (Lipinski definition) is 3. The molecule has 2 saturated heterocycles. The maximum atomic E-state index is 11.3. The molecule has 0 aromatic rings. The first kappa shape index (κ1) is 16.8. The van der Waals surface area contributed by atoms with Crippen LogP contribution in [0.5, 0.6) is 0 Å². The minimum atomic E-state index is -0.621. The molecule has 2 unspecified atom stereocenters. The fourth-order valence-corrected chi connectivity index (χ4v) is 4.16. The molecule has 2 fully saturated rings. The number of carbonyl (C=O) groups is 1. The van der Waals surface area contributed by atoms with Gasteiger partial charge in [-0.25, -0.2) is 0 Å². The Morgan fingerprint density at radius 1 is 1.19 bits per heavy atom. The highest BCUT2D eigenvalue weighted by atomic mass is 16.4. The molecule has 0 saturated carbocycles. The highest BCUT2D eigenvalue weighted by Gasteiger charge is 2.37. The summed E-state index contributed by atoms with van der Waals surface area (Å²) >= 11 is 0. The van der Waals surface area contributed by atoms with Gasteiger partial charge < -0.3 is 10.0 Å². The van der Waals surface area contributed by atoms with Gasteiger partial charge in [-0.15, -0.1) is 0 Å². The van der Waals surface area contributed by atoms with Crippen LogP contribution in [0.25, 0.3) is 0 Å². The number of aliphatic carboxylic acids is 1. The number of hydrogen-bond donors (Lipinski definition) is 1. The van der Waals surface area contributed by atoms with E-state index in [2.05, 4.69) is 23.6 Å². The lowest BCUT2D eigenvalue weighted by Crippen LogP contribution is -2.50. The van der Waals surface area contributed by atoms with Crippen LogP contribution in [-0.4, -0.2) is 58.6 Å². The topological polar surface area (TPSA) is 43.8 Å². The van der Waals surface area contributed by atoms with Gasteiger partial charge in [0.15, 0.2) is 0 Å². The standard InChI is InChI=1S/C17H32N2O2/c1-3-5-7-14(4-2)18-12-9-15(10-13-18)19-11-6-8-16(19)17(20)21/h14-16H,3-13H2,1-2H3,(H,20,21). The third kappa shape index (κ3) is 4.19. The first-order valence-electron chi connectivity index (χ1n) is 8.90. The van der Waals surface area contributed by atoms with Gasteiger partial charge in [-0.3, -0.25) is 9.69 Å². The van der Waals surface area contributed by atoms with Crippen molar-refractivity contribution in [1.82, 2.24) is 9.80 Å². The summed E-state index contributed by atoms with van der Waals surface area (Å²) in [5.74, 6) is -0.621. The number of unbranched alkanes of at least 4 members (excludes halogenated alkanes) is 1. The Balaban J connectivity index is 1.83. The molecule has 0 amide bonds. The predicted molar refractivity (Wildman–Crippen MR) is 85.6 cm³/mol. The molecular formula is C17H32N2O2. The summed E-state index contributed by atoms with van der Waals surface area (Å²) in [7, 11) is 0. The van der Waals surface area contributed by atoms with Crippen molar-refractivity contribution in [3.63, 3.8) is 0 Å². The molecule has 2 aliphatic heterocycles. The molecule has 2 aliphatic rings. The Labute approximate surface area is 129 Å². The average Bonchev–Trinajstić information content (AvgIpc) is 2.98. The molecule has 21 heavy (non-hydrogen) atoms. The second-order valence-corrected chi connectivity index (χ2v) is 6.71. The summed E-state index contributed by atoms with van der Waals surface area (Å²) in [4.78, 5) is 16.3. The van der Waals surface area contributed by atoms with E-state index in [1.807, 2.05) is 0 Å². The quantitative estimate of drug-likeness (QED) is 0.784. The Hall–Kier alpha value is -0.610. The molecule has 2 rings (SSSR count). The van der Waals surface area contributed by atoms with Gasteiger partial charge in [0.25, 0.3) is 0 Å². The summed E-state index contributed by atoms with van der Waals surface area (Å²) in [6.45, 7) is 7.84. The Kier molecular flexibility index (Phi) is 6.49. The largest absolute Gasteiger partial charge is 0.480 e. The molecule has 122 valence electrons. The molecular weight excluding hydrogens is 264 g/mol. The summed E-state index contributed by atoms with van der Waals surface area (Å²) in [6.07, 6.45) is 9.34. The number of nitrogens with zero attached hydrogens (tertiary/aromatic N) is 2. The molecule has 0 spiro atoms. The minimum Gasteiger partial charge on any atom is -0.480 e.